The molecule has 2 heterocycles. The van der Waals surface area contributed by atoms with Crippen molar-refractivity contribution >= 4 is 28.4 Å². The molecule has 2 aromatic rings. The predicted octanol–water partition coefficient (Wildman–Crippen LogP) is 2.11. The molecule has 0 aliphatic carbocycles. The van der Waals surface area contributed by atoms with Crippen molar-refractivity contribution in [3.63, 3.8) is 0 Å². The van der Waals surface area contributed by atoms with Crippen molar-refractivity contribution in [1.82, 2.24) is 9.88 Å². The molecule has 0 bridgehead atoms. The molecule has 22 heavy (non-hydrogen) atoms. The second-order valence-electron chi connectivity index (χ2n) is 5.42. The Labute approximate surface area is 133 Å². The van der Waals surface area contributed by atoms with Gasteiger partial charge in [0.15, 0.2) is 0 Å². The van der Waals surface area contributed by atoms with E-state index in [-0.39, 0.29) is 24.7 Å². The van der Waals surface area contributed by atoms with E-state index in [1.54, 1.807) is 30.2 Å². The molecule has 1 aromatic carbocycles. The lowest BCUT2D eigenvalue weighted by atomic mass is 10.2. The van der Waals surface area contributed by atoms with Gasteiger partial charge in [-0.15, -0.1) is 0 Å². The summed E-state index contributed by atoms with van der Waals surface area (Å²) in [4.78, 5) is 18.7. The van der Waals surface area contributed by atoms with Crippen LogP contribution in [0.5, 0.6) is 0 Å². The van der Waals surface area contributed by atoms with E-state index in [2.05, 4.69) is 4.98 Å². The number of fused-ring (bicyclic) bond motifs is 1. The lowest BCUT2D eigenvalue weighted by molar-refractivity contribution is 0.0642. The van der Waals surface area contributed by atoms with Crippen molar-refractivity contribution in [2.45, 2.75) is 18.6 Å². The lowest BCUT2D eigenvalue weighted by Gasteiger charge is -2.22. The standard InChI is InChI=1S/C16H17ClN2O3/c1-22-13-7-12(9-20)19(8-13)16(21)14-5-3-10-2-4-11(17)6-15(10)18-14/h2-6,12-13,20H,7-9H2,1H3/t12-,13-/m0/s1. The third kappa shape index (κ3) is 2.79. The molecule has 2 atom stereocenters. The summed E-state index contributed by atoms with van der Waals surface area (Å²) in [7, 11) is 1.61. The monoisotopic (exact) mass is 320 g/mol. The maximum absolute atomic E-state index is 12.7. The third-order valence-electron chi connectivity index (χ3n) is 4.05. The lowest BCUT2D eigenvalue weighted by Crippen LogP contribution is -2.38. The van der Waals surface area contributed by atoms with Crippen LogP contribution in [0, 0.1) is 0 Å². The number of likely N-dealkylation sites (tertiary alicyclic amines) is 1. The summed E-state index contributed by atoms with van der Waals surface area (Å²) in [5.41, 5.74) is 1.03. The molecule has 1 aromatic heterocycles. The van der Waals surface area contributed by atoms with Crippen molar-refractivity contribution in [3.8, 4) is 0 Å². The quantitative estimate of drug-likeness (QED) is 0.941. The van der Waals surface area contributed by atoms with E-state index in [9.17, 15) is 9.90 Å². The molecule has 1 aliphatic heterocycles. The molecule has 1 fully saturated rings. The molecule has 1 aliphatic rings. The Morgan fingerprint density at radius 1 is 1.45 bits per heavy atom. The van der Waals surface area contributed by atoms with Crippen LogP contribution in [0.4, 0.5) is 0 Å². The minimum Gasteiger partial charge on any atom is -0.394 e. The maximum Gasteiger partial charge on any atom is 0.272 e. The average Bonchev–Trinajstić information content (AvgIpc) is 2.96. The van der Waals surface area contributed by atoms with Crippen molar-refractivity contribution in [3.05, 3.63) is 41.0 Å². The number of carbonyl (C=O) groups excluding carboxylic acids is 1. The van der Waals surface area contributed by atoms with Gasteiger partial charge in [0, 0.05) is 24.1 Å². The number of methoxy groups -OCH3 is 1. The number of halogens is 1. The molecule has 116 valence electrons. The van der Waals surface area contributed by atoms with Crippen molar-refractivity contribution in [2.24, 2.45) is 0 Å². The highest BCUT2D eigenvalue weighted by molar-refractivity contribution is 6.31. The third-order valence-corrected chi connectivity index (χ3v) is 4.29. The maximum atomic E-state index is 12.7. The van der Waals surface area contributed by atoms with Gasteiger partial charge in [-0.3, -0.25) is 4.79 Å². The summed E-state index contributed by atoms with van der Waals surface area (Å²) >= 11 is 5.98. The molecular weight excluding hydrogens is 304 g/mol. The van der Waals surface area contributed by atoms with Gasteiger partial charge in [0.1, 0.15) is 5.69 Å². The van der Waals surface area contributed by atoms with Gasteiger partial charge < -0.3 is 14.7 Å². The van der Waals surface area contributed by atoms with Crippen LogP contribution < -0.4 is 0 Å². The summed E-state index contributed by atoms with van der Waals surface area (Å²) in [6.07, 6.45) is 0.592. The smallest absolute Gasteiger partial charge is 0.272 e. The van der Waals surface area contributed by atoms with E-state index in [1.807, 2.05) is 12.1 Å². The normalized spacial score (nSPS) is 21.5. The number of hydrogen-bond acceptors (Lipinski definition) is 4. The van der Waals surface area contributed by atoms with Crippen LogP contribution in [0.25, 0.3) is 10.9 Å². The van der Waals surface area contributed by atoms with Gasteiger partial charge in [0.05, 0.1) is 24.3 Å². The SMILES string of the molecule is CO[C@H]1C[C@@H](CO)N(C(=O)c2ccc3ccc(Cl)cc3n2)C1. The molecule has 0 saturated carbocycles. The Kier molecular flexibility index (Phi) is 4.29. The number of aliphatic hydroxyl groups is 1. The topological polar surface area (TPSA) is 62.7 Å². The average molecular weight is 321 g/mol. The summed E-state index contributed by atoms with van der Waals surface area (Å²) in [6.45, 7) is 0.390. The van der Waals surface area contributed by atoms with Gasteiger partial charge in [-0.05, 0) is 24.6 Å². The second-order valence-corrected chi connectivity index (χ2v) is 5.86. The van der Waals surface area contributed by atoms with Gasteiger partial charge in [-0.25, -0.2) is 4.98 Å². The van der Waals surface area contributed by atoms with E-state index in [1.165, 1.54) is 0 Å². The summed E-state index contributed by atoms with van der Waals surface area (Å²) < 4.78 is 5.30. The van der Waals surface area contributed by atoms with Crippen molar-refractivity contribution < 1.29 is 14.6 Å². The molecule has 0 unspecified atom stereocenters. The number of hydrogen-bond donors (Lipinski definition) is 1. The molecule has 6 heteroatoms. The van der Waals surface area contributed by atoms with Crippen LogP contribution in [0.3, 0.4) is 0 Å². The number of nitrogens with zero attached hydrogens (tertiary/aromatic N) is 2. The molecule has 3 rings (SSSR count). The number of aromatic nitrogens is 1. The number of rotatable bonds is 3. The fourth-order valence-electron chi connectivity index (χ4n) is 2.82. The van der Waals surface area contributed by atoms with Gasteiger partial charge in [0.2, 0.25) is 0 Å². The summed E-state index contributed by atoms with van der Waals surface area (Å²) in [5.74, 6) is -0.194. The molecule has 1 N–H and O–H groups in total. The minimum atomic E-state index is -0.227. The van der Waals surface area contributed by atoms with Crippen molar-refractivity contribution in [1.29, 1.82) is 0 Å². The van der Waals surface area contributed by atoms with E-state index in [4.69, 9.17) is 16.3 Å². The summed E-state index contributed by atoms with van der Waals surface area (Å²) in [6, 6.07) is 8.72. The van der Waals surface area contributed by atoms with Crippen LogP contribution in [-0.4, -0.2) is 53.3 Å². The minimum absolute atomic E-state index is 0.0454. The summed E-state index contributed by atoms with van der Waals surface area (Å²) in [5, 5.41) is 11.0. The Morgan fingerprint density at radius 2 is 2.23 bits per heavy atom. The van der Waals surface area contributed by atoms with Gasteiger partial charge in [-0.2, -0.15) is 0 Å². The second kappa shape index (κ2) is 6.20. The Balaban J connectivity index is 1.91. The zero-order valence-corrected chi connectivity index (χ0v) is 13.0. The highest BCUT2D eigenvalue weighted by Crippen LogP contribution is 2.23. The molecule has 1 saturated heterocycles. The van der Waals surface area contributed by atoms with E-state index in [0.717, 1.165) is 5.39 Å². The van der Waals surface area contributed by atoms with Crippen LogP contribution in [-0.2, 0) is 4.74 Å². The van der Waals surface area contributed by atoms with Crippen LogP contribution in [0.1, 0.15) is 16.9 Å². The van der Waals surface area contributed by atoms with E-state index < -0.39 is 0 Å². The first kappa shape index (κ1) is 15.2. The molecule has 1 amide bonds. The largest absolute Gasteiger partial charge is 0.394 e. The zero-order chi connectivity index (χ0) is 15.7. The molecule has 0 radical (unpaired) electrons. The van der Waals surface area contributed by atoms with E-state index in [0.29, 0.717) is 29.2 Å². The highest BCUT2D eigenvalue weighted by Gasteiger charge is 2.35. The fourth-order valence-corrected chi connectivity index (χ4v) is 2.99. The first-order chi connectivity index (χ1) is 10.6. The Hall–Kier alpha value is -1.69. The fraction of sp³-hybridized carbons (Fsp3) is 0.375. The highest BCUT2D eigenvalue weighted by atomic mass is 35.5. The molecule has 0 spiro atoms. The van der Waals surface area contributed by atoms with Gasteiger partial charge in [0.25, 0.3) is 5.91 Å². The van der Waals surface area contributed by atoms with Crippen molar-refractivity contribution in [2.75, 3.05) is 20.3 Å². The van der Waals surface area contributed by atoms with Crippen LogP contribution in [0.15, 0.2) is 30.3 Å². The van der Waals surface area contributed by atoms with Crippen LogP contribution in [0.2, 0.25) is 5.02 Å². The molecular formula is C16H17ClN2O3. The number of pyridine rings is 1. The van der Waals surface area contributed by atoms with Crippen LogP contribution >= 0.6 is 11.6 Å². The van der Waals surface area contributed by atoms with Gasteiger partial charge >= 0.3 is 0 Å². The first-order valence-corrected chi connectivity index (χ1v) is 7.51. The number of carbonyl (C=O) groups is 1. The molecule has 5 nitrogen and oxygen atoms in total. The Morgan fingerprint density at radius 3 is 2.95 bits per heavy atom. The predicted molar refractivity (Wildman–Crippen MR) is 84.1 cm³/mol. The van der Waals surface area contributed by atoms with Gasteiger partial charge in [-0.1, -0.05) is 23.7 Å². The number of benzene rings is 1. The zero-order valence-electron chi connectivity index (χ0n) is 12.2. The Bertz CT molecular complexity index is 707. The van der Waals surface area contributed by atoms with E-state index >= 15 is 0 Å². The number of ether oxygens (including phenoxy) is 1. The first-order valence-electron chi connectivity index (χ1n) is 7.13. The number of aliphatic hydroxyl groups excluding tert-OH is 1. The number of amides is 1.